The molecule has 0 amide bonds. The molecule has 0 rings (SSSR count). The average Bonchev–Trinajstić information content (AvgIpc) is 2.31. The maximum Gasteiger partial charge on any atom is 0.0697 e. The Morgan fingerprint density at radius 2 is 1.69 bits per heavy atom. The van der Waals surface area contributed by atoms with Crippen molar-refractivity contribution in [2.45, 2.75) is 65.2 Å². The summed E-state index contributed by atoms with van der Waals surface area (Å²) in [6, 6.07) is 0. The Morgan fingerprint density at radius 1 is 1.00 bits per heavy atom. The molecule has 0 saturated heterocycles. The molecular formula is C14H30O2. The van der Waals surface area contributed by atoms with Crippen LogP contribution in [0.4, 0.5) is 0 Å². The molecule has 1 N–H and O–H groups in total. The van der Waals surface area contributed by atoms with Crippen LogP contribution < -0.4 is 0 Å². The molecule has 0 spiro atoms. The summed E-state index contributed by atoms with van der Waals surface area (Å²) in [6.07, 6.45) is 10.7. The minimum absolute atomic E-state index is 0.146. The molecule has 0 aliphatic carbocycles. The van der Waals surface area contributed by atoms with Crippen LogP contribution in [-0.4, -0.2) is 24.9 Å². The van der Waals surface area contributed by atoms with E-state index in [0.29, 0.717) is 12.5 Å². The molecule has 2 nitrogen and oxygen atoms in total. The molecule has 16 heavy (non-hydrogen) atoms. The number of ether oxygens (including phenoxy) is 1. The summed E-state index contributed by atoms with van der Waals surface area (Å²) in [5.41, 5.74) is 0. The number of hydrogen-bond donors (Lipinski definition) is 1. The van der Waals surface area contributed by atoms with Gasteiger partial charge in [-0.25, -0.2) is 0 Å². The van der Waals surface area contributed by atoms with Crippen molar-refractivity contribution in [3.63, 3.8) is 0 Å². The molecule has 98 valence electrons. The molecule has 2 heteroatoms. The zero-order valence-electron chi connectivity index (χ0n) is 11.2. The highest BCUT2D eigenvalue weighted by atomic mass is 16.5. The van der Waals surface area contributed by atoms with E-state index in [1.54, 1.807) is 0 Å². The topological polar surface area (TPSA) is 29.5 Å². The van der Waals surface area contributed by atoms with E-state index in [1.807, 2.05) is 0 Å². The maximum absolute atomic E-state index is 8.62. The molecule has 1 unspecified atom stereocenters. The van der Waals surface area contributed by atoms with Gasteiger partial charge in [0.25, 0.3) is 0 Å². The van der Waals surface area contributed by atoms with Gasteiger partial charge in [0.05, 0.1) is 13.2 Å². The lowest BCUT2D eigenvalue weighted by molar-refractivity contribution is 0.0639. The van der Waals surface area contributed by atoms with Gasteiger partial charge in [-0.1, -0.05) is 58.8 Å². The van der Waals surface area contributed by atoms with Crippen LogP contribution in [0, 0.1) is 5.92 Å². The Morgan fingerprint density at radius 3 is 2.31 bits per heavy atom. The third-order valence-corrected chi connectivity index (χ3v) is 3.13. The van der Waals surface area contributed by atoms with Crippen molar-refractivity contribution in [1.82, 2.24) is 0 Å². The molecule has 0 heterocycles. The molecule has 0 bridgehead atoms. The lowest BCUT2D eigenvalue weighted by Gasteiger charge is -2.14. The van der Waals surface area contributed by atoms with Gasteiger partial charge >= 0.3 is 0 Å². The van der Waals surface area contributed by atoms with Crippen LogP contribution in [0.25, 0.3) is 0 Å². The van der Waals surface area contributed by atoms with E-state index in [-0.39, 0.29) is 6.61 Å². The maximum atomic E-state index is 8.62. The molecule has 0 fully saturated rings. The normalized spacial score (nSPS) is 12.9. The molecule has 0 aliphatic heterocycles. The third kappa shape index (κ3) is 10.4. The lowest BCUT2D eigenvalue weighted by Crippen LogP contribution is -2.11. The van der Waals surface area contributed by atoms with E-state index in [9.17, 15) is 0 Å². The first kappa shape index (κ1) is 15.9. The number of rotatable bonds is 12. The smallest absolute Gasteiger partial charge is 0.0697 e. The van der Waals surface area contributed by atoms with Gasteiger partial charge in [0.15, 0.2) is 0 Å². The van der Waals surface area contributed by atoms with Gasteiger partial charge in [0, 0.05) is 6.61 Å². The van der Waals surface area contributed by atoms with E-state index in [4.69, 9.17) is 9.84 Å². The van der Waals surface area contributed by atoms with Crippen LogP contribution in [0.5, 0.6) is 0 Å². The second-order valence-electron chi connectivity index (χ2n) is 4.63. The predicted octanol–water partition coefficient (Wildman–Crippen LogP) is 3.77. The Hall–Kier alpha value is -0.0800. The Labute approximate surface area is 101 Å². The molecular weight excluding hydrogens is 200 g/mol. The van der Waals surface area contributed by atoms with E-state index in [1.165, 1.54) is 51.4 Å². The lowest BCUT2D eigenvalue weighted by atomic mass is 9.99. The molecule has 0 saturated carbocycles. The van der Waals surface area contributed by atoms with Crippen molar-refractivity contribution >= 4 is 0 Å². The fourth-order valence-electron chi connectivity index (χ4n) is 1.93. The van der Waals surface area contributed by atoms with Crippen LogP contribution in [-0.2, 0) is 4.74 Å². The summed E-state index contributed by atoms with van der Waals surface area (Å²) < 4.78 is 5.38. The molecule has 0 aromatic rings. The molecule has 0 aromatic heterocycles. The summed E-state index contributed by atoms with van der Waals surface area (Å²) in [4.78, 5) is 0. The van der Waals surface area contributed by atoms with Gasteiger partial charge in [0.2, 0.25) is 0 Å². The van der Waals surface area contributed by atoms with Gasteiger partial charge in [0.1, 0.15) is 0 Å². The number of aliphatic hydroxyl groups is 1. The van der Waals surface area contributed by atoms with Crippen molar-refractivity contribution in [1.29, 1.82) is 0 Å². The first-order valence-corrected chi connectivity index (χ1v) is 7.03. The van der Waals surface area contributed by atoms with Gasteiger partial charge in [-0.15, -0.1) is 0 Å². The first-order valence-electron chi connectivity index (χ1n) is 7.03. The quantitative estimate of drug-likeness (QED) is 0.517. The second-order valence-corrected chi connectivity index (χ2v) is 4.63. The predicted molar refractivity (Wildman–Crippen MR) is 69.7 cm³/mol. The summed E-state index contributed by atoms with van der Waals surface area (Å²) in [6.45, 7) is 5.95. The van der Waals surface area contributed by atoms with Gasteiger partial charge in [-0.05, 0) is 12.3 Å². The van der Waals surface area contributed by atoms with E-state index >= 15 is 0 Å². The van der Waals surface area contributed by atoms with Crippen LogP contribution in [0.3, 0.4) is 0 Å². The first-order chi connectivity index (χ1) is 7.85. The molecule has 0 aromatic carbocycles. The third-order valence-electron chi connectivity index (χ3n) is 3.13. The monoisotopic (exact) mass is 230 g/mol. The summed E-state index contributed by atoms with van der Waals surface area (Å²) >= 11 is 0. The van der Waals surface area contributed by atoms with Crippen molar-refractivity contribution in [3.8, 4) is 0 Å². The zero-order valence-corrected chi connectivity index (χ0v) is 11.2. The largest absolute Gasteiger partial charge is 0.394 e. The summed E-state index contributed by atoms with van der Waals surface area (Å²) in [7, 11) is 0. The van der Waals surface area contributed by atoms with Crippen LogP contribution in [0.2, 0.25) is 0 Å². The van der Waals surface area contributed by atoms with Gasteiger partial charge in [-0.3, -0.25) is 0 Å². The second kappa shape index (κ2) is 13.0. The highest BCUT2D eigenvalue weighted by Gasteiger charge is 2.05. The van der Waals surface area contributed by atoms with Crippen molar-refractivity contribution in [2.24, 2.45) is 5.92 Å². The van der Waals surface area contributed by atoms with E-state index < -0.39 is 0 Å². The van der Waals surface area contributed by atoms with Crippen molar-refractivity contribution in [3.05, 3.63) is 0 Å². The van der Waals surface area contributed by atoms with Crippen LogP contribution >= 0.6 is 0 Å². The summed E-state index contributed by atoms with van der Waals surface area (Å²) in [5.74, 6) is 0.692. The minimum Gasteiger partial charge on any atom is -0.394 e. The van der Waals surface area contributed by atoms with Crippen LogP contribution in [0.1, 0.15) is 65.2 Å². The SMILES string of the molecule is CCCCCCCCC(CC)COCCO. The van der Waals surface area contributed by atoms with Crippen LogP contribution in [0.15, 0.2) is 0 Å². The fourth-order valence-corrected chi connectivity index (χ4v) is 1.93. The summed E-state index contributed by atoms with van der Waals surface area (Å²) in [5, 5.41) is 8.62. The van der Waals surface area contributed by atoms with Gasteiger partial charge < -0.3 is 9.84 Å². The van der Waals surface area contributed by atoms with Crippen molar-refractivity contribution < 1.29 is 9.84 Å². The zero-order chi connectivity index (χ0) is 12.1. The number of hydrogen-bond acceptors (Lipinski definition) is 2. The minimum atomic E-state index is 0.146. The number of unbranched alkanes of at least 4 members (excludes halogenated alkanes) is 5. The van der Waals surface area contributed by atoms with E-state index in [2.05, 4.69) is 13.8 Å². The van der Waals surface area contributed by atoms with Gasteiger partial charge in [-0.2, -0.15) is 0 Å². The Bertz CT molecular complexity index is 126. The Kier molecular flexibility index (Phi) is 12.9. The standard InChI is InChI=1S/C14H30O2/c1-3-5-6-7-8-9-10-14(4-2)13-16-12-11-15/h14-15H,3-13H2,1-2H3. The highest BCUT2D eigenvalue weighted by molar-refractivity contribution is 4.57. The highest BCUT2D eigenvalue weighted by Crippen LogP contribution is 2.15. The van der Waals surface area contributed by atoms with Crippen molar-refractivity contribution in [2.75, 3.05) is 19.8 Å². The molecule has 0 radical (unpaired) electrons. The number of aliphatic hydroxyl groups excluding tert-OH is 1. The molecule has 0 aliphatic rings. The fraction of sp³-hybridized carbons (Fsp3) is 1.00. The average molecular weight is 230 g/mol. The Balaban J connectivity index is 3.26. The molecule has 1 atom stereocenters. The van der Waals surface area contributed by atoms with E-state index in [0.717, 1.165) is 6.61 Å².